The zero-order chi connectivity index (χ0) is 15.5. The molecule has 0 aromatic carbocycles. The van der Waals surface area contributed by atoms with E-state index in [4.69, 9.17) is 12.2 Å². The van der Waals surface area contributed by atoms with Gasteiger partial charge in [-0.1, -0.05) is 6.42 Å². The summed E-state index contributed by atoms with van der Waals surface area (Å²) in [5, 5.41) is 13.7. The summed E-state index contributed by atoms with van der Waals surface area (Å²) in [4.78, 5) is 5.06. The van der Waals surface area contributed by atoms with Crippen LogP contribution in [0, 0.1) is 10.7 Å². The van der Waals surface area contributed by atoms with E-state index >= 15 is 0 Å². The predicted molar refractivity (Wildman–Crippen MR) is 87.9 cm³/mol. The predicted octanol–water partition coefficient (Wildman–Crippen LogP) is 1.21. The van der Waals surface area contributed by atoms with E-state index in [0.29, 0.717) is 10.6 Å². The number of hydrogen-bond donors (Lipinski definition) is 1. The largest absolute Gasteiger partial charge is 0.388 e. The van der Waals surface area contributed by atoms with E-state index < -0.39 is 0 Å². The second-order valence-corrected chi connectivity index (χ2v) is 7.02. The maximum absolute atomic E-state index is 9.28. The molecule has 7 heteroatoms. The van der Waals surface area contributed by atoms with Crippen molar-refractivity contribution in [2.24, 2.45) is 13.0 Å². The van der Waals surface area contributed by atoms with Crippen LogP contribution in [-0.4, -0.2) is 62.0 Å². The molecule has 22 heavy (non-hydrogen) atoms. The van der Waals surface area contributed by atoms with Crippen LogP contribution in [0.2, 0.25) is 0 Å². The summed E-state index contributed by atoms with van der Waals surface area (Å²) in [6, 6.07) is 0. The Morgan fingerprint density at radius 2 is 1.95 bits per heavy atom. The summed E-state index contributed by atoms with van der Waals surface area (Å²) >= 11 is 5.39. The summed E-state index contributed by atoms with van der Waals surface area (Å²) in [7, 11) is 1.86. The van der Waals surface area contributed by atoms with Gasteiger partial charge in [0.2, 0.25) is 0 Å². The lowest BCUT2D eigenvalue weighted by Crippen LogP contribution is -2.35. The van der Waals surface area contributed by atoms with Crippen molar-refractivity contribution in [1.82, 2.24) is 24.1 Å². The number of nitrogens with zero attached hydrogens (tertiary/aromatic N) is 5. The highest BCUT2D eigenvalue weighted by molar-refractivity contribution is 7.71. The maximum Gasteiger partial charge on any atom is 0.198 e. The van der Waals surface area contributed by atoms with Crippen LogP contribution in [0.1, 0.15) is 31.5 Å². The Bertz CT molecular complexity index is 549. The average molecular weight is 325 g/mol. The molecular formula is C15H27N5OS. The Kier molecular flexibility index (Phi) is 5.28. The fourth-order valence-corrected chi connectivity index (χ4v) is 3.85. The van der Waals surface area contributed by atoms with Crippen LogP contribution in [-0.2, 0) is 20.3 Å². The third-order valence-electron chi connectivity index (χ3n) is 4.94. The minimum absolute atomic E-state index is 0.0648. The molecule has 0 aliphatic carbocycles. The molecule has 3 rings (SSSR count). The van der Waals surface area contributed by atoms with Gasteiger partial charge in [-0.25, -0.2) is 4.68 Å². The molecule has 1 unspecified atom stereocenters. The Hall–Kier alpha value is -0.760. The number of aliphatic hydroxyl groups excluding tert-OH is 1. The van der Waals surface area contributed by atoms with Gasteiger partial charge in [0, 0.05) is 26.7 Å². The minimum Gasteiger partial charge on any atom is -0.388 e. The van der Waals surface area contributed by atoms with E-state index in [1.807, 2.05) is 11.7 Å². The first-order valence-corrected chi connectivity index (χ1v) is 8.76. The van der Waals surface area contributed by atoms with Gasteiger partial charge in [-0.3, -0.25) is 4.90 Å². The molecule has 2 saturated heterocycles. The molecule has 0 amide bonds. The fourth-order valence-electron chi connectivity index (χ4n) is 3.65. The van der Waals surface area contributed by atoms with Crippen LogP contribution in [0.5, 0.6) is 0 Å². The number of aromatic nitrogens is 3. The Balaban J connectivity index is 1.53. The molecule has 1 aromatic rings. The van der Waals surface area contributed by atoms with E-state index in [0.717, 1.165) is 25.7 Å². The van der Waals surface area contributed by atoms with Crippen LogP contribution < -0.4 is 0 Å². The monoisotopic (exact) mass is 325 g/mol. The summed E-state index contributed by atoms with van der Waals surface area (Å²) in [6.07, 6.45) is 5.40. The molecule has 2 fully saturated rings. The second-order valence-electron chi connectivity index (χ2n) is 6.65. The smallest absolute Gasteiger partial charge is 0.198 e. The van der Waals surface area contributed by atoms with Gasteiger partial charge in [0.15, 0.2) is 10.6 Å². The highest BCUT2D eigenvalue weighted by Gasteiger charge is 2.25. The summed E-state index contributed by atoms with van der Waals surface area (Å²) < 4.78 is 4.31. The van der Waals surface area contributed by atoms with Crippen molar-refractivity contribution in [2.75, 3.05) is 32.7 Å². The zero-order valence-corrected chi connectivity index (χ0v) is 14.3. The van der Waals surface area contributed by atoms with Crippen LogP contribution in [0.3, 0.4) is 0 Å². The van der Waals surface area contributed by atoms with Crippen molar-refractivity contribution in [3.05, 3.63) is 10.6 Å². The lowest BCUT2D eigenvalue weighted by atomic mass is 10.1. The summed E-state index contributed by atoms with van der Waals surface area (Å²) in [6.45, 7) is 6.72. The van der Waals surface area contributed by atoms with Crippen LogP contribution in [0.15, 0.2) is 0 Å². The first kappa shape index (κ1) is 16.1. The molecule has 0 spiro atoms. The van der Waals surface area contributed by atoms with Crippen LogP contribution in [0.4, 0.5) is 0 Å². The van der Waals surface area contributed by atoms with E-state index in [2.05, 4.69) is 14.9 Å². The van der Waals surface area contributed by atoms with Gasteiger partial charge in [-0.15, -0.1) is 0 Å². The fraction of sp³-hybridized carbons (Fsp3) is 0.867. The minimum atomic E-state index is -0.0648. The number of likely N-dealkylation sites (tertiary alicyclic amines) is 2. The van der Waals surface area contributed by atoms with Crippen molar-refractivity contribution in [3.8, 4) is 0 Å². The van der Waals surface area contributed by atoms with Crippen LogP contribution in [0.25, 0.3) is 0 Å². The van der Waals surface area contributed by atoms with Crippen molar-refractivity contribution in [1.29, 1.82) is 0 Å². The standard InChI is InChI=1S/C15H27N5OS/c1-17-14(11-21)16-20(15(17)22)12-19-8-5-13(10-19)9-18-6-3-2-4-7-18/h13,21H,2-12H2,1H3. The van der Waals surface area contributed by atoms with Gasteiger partial charge in [-0.2, -0.15) is 5.10 Å². The lowest BCUT2D eigenvalue weighted by molar-refractivity contribution is 0.185. The first-order valence-electron chi connectivity index (χ1n) is 8.35. The Morgan fingerprint density at radius 3 is 2.64 bits per heavy atom. The molecule has 1 N–H and O–H groups in total. The number of aliphatic hydroxyl groups is 1. The van der Waals surface area contributed by atoms with Gasteiger partial charge < -0.3 is 14.6 Å². The molecule has 0 bridgehead atoms. The van der Waals surface area contributed by atoms with E-state index in [1.54, 1.807) is 4.57 Å². The molecule has 6 nitrogen and oxygen atoms in total. The first-order chi connectivity index (χ1) is 10.7. The molecule has 1 atom stereocenters. The number of hydrogen-bond acceptors (Lipinski definition) is 5. The summed E-state index contributed by atoms with van der Waals surface area (Å²) in [5.41, 5.74) is 0. The van der Waals surface area contributed by atoms with E-state index in [1.165, 1.54) is 45.3 Å². The average Bonchev–Trinajstić information content (AvgIpc) is 3.08. The van der Waals surface area contributed by atoms with Gasteiger partial charge >= 0.3 is 0 Å². The highest BCUT2D eigenvalue weighted by Crippen LogP contribution is 2.20. The molecular weight excluding hydrogens is 298 g/mol. The topological polar surface area (TPSA) is 49.5 Å². The Labute approximate surface area is 137 Å². The molecule has 0 saturated carbocycles. The molecule has 124 valence electrons. The molecule has 1 aromatic heterocycles. The van der Waals surface area contributed by atoms with E-state index in [9.17, 15) is 5.11 Å². The maximum atomic E-state index is 9.28. The van der Waals surface area contributed by atoms with Gasteiger partial charge in [0.05, 0.1) is 6.67 Å². The van der Waals surface area contributed by atoms with Gasteiger partial charge in [0.25, 0.3) is 0 Å². The molecule has 3 heterocycles. The van der Waals surface area contributed by atoms with Crippen LogP contribution >= 0.6 is 12.2 Å². The molecule has 2 aliphatic heterocycles. The number of rotatable bonds is 5. The van der Waals surface area contributed by atoms with Crippen molar-refractivity contribution < 1.29 is 5.11 Å². The van der Waals surface area contributed by atoms with Crippen molar-refractivity contribution in [2.45, 2.75) is 39.0 Å². The normalized spacial score (nSPS) is 24.2. The lowest BCUT2D eigenvalue weighted by Gasteiger charge is -2.29. The zero-order valence-electron chi connectivity index (χ0n) is 13.4. The third kappa shape index (κ3) is 3.59. The highest BCUT2D eigenvalue weighted by atomic mass is 32.1. The van der Waals surface area contributed by atoms with E-state index in [-0.39, 0.29) is 6.61 Å². The molecule has 0 radical (unpaired) electrons. The molecule has 2 aliphatic rings. The Morgan fingerprint density at radius 1 is 1.18 bits per heavy atom. The SMILES string of the molecule is Cn1c(CO)nn(CN2CCC(CN3CCCCC3)C2)c1=S. The third-order valence-corrected chi connectivity index (χ3v) is 5.43. The number of piperidine rings is 1. The quantitative estimate of drug-likeness (QED) is 0.825. The second kappa shape index (κ2) is 7.21. The van der Waals surface area contributed by atoms with Crippen molar-refractivity contribution >= 4 is 12.2 Å². The van der Waals surface area contributed by atoms with Gasteiger partial charge in [-0.05, 0) is 50.5 Å². The van der Waals surface area contributed by atoms with Gasteiger partial charge in [0.1, 0.15) is 6.61 Å². The summed E-state index contributed by atoms with van der Waals surface area (Å²) in [5.74, 6) is 1.40. The van der Waals surface area contributed by atoms with Crippen molar-refractivity contribution in [3.63, 3.8) is 0 Å².